The van der Waals surface area contributed by atoms with Crippen molar-refractivity contribution in [1.29, 1.82) is 0 Å². The third kappa shape index (κ3) is 5.18. The van der Waals surface area contributed by atoms with Crippen LogP contribution < -0.4 is 0 Å². The minimum Gasteiger partial charge on any atom is -0.306 e. The molecule has 1 aromatic rings. The van der Waals surface area contributed by atoms with E-state index in [1.54, 1.807) is 12.1 Å². The van der Waals surface area contributed by atoms with Crippen molar-refractivity contribution < 1.29 is 4.39 Å². The molecule has 1 aliphatic heterocycles. The molecule has 1 fully saturated rings. The van der Waals surface area contributed by atoms with Crippen LogP contribution in [-0.2, 0) is 0 Å². The average Bonchev–Trinajstić information content (AvgIpc) is 2.40. The first-order valence-corrected chi connectivity index (χ1v) is 7.11. The number of likely N-dealkylation sites (N-methyl/N-ethyl adjacent to an activating group) is 1. The highest BCUT2D eigenvalue weighted by Crippen LogP contribution is 2.25. The molecule has 0 spiro atoms. The topological polar surface area (TPSA) is 3.24 Å². The van der Waals surface area contributed by atoms with Gasteiger partial charge in [0.05, 0.1) is 0 Å². The highest BCUT2D eigenvalue weighted by molar-refractivity contribution is 5.21. The zero-order valence-electron chi connectivity index (χ0n) is 12.0. The Hall–Kier alpha value is -0.890. The summed E-state index contributed by atoms with van der Waals surface area (Å²) in [5.74, 6) is 0.451. The number of nitrogens with zero attached hydrogens (tertiary/aromatic N) is 1. The fourth-order valence-electron chi connectivity index (χ4n) is 2.17. The van der Waals surface area contributed by atoms with Crippen molar-refractivity contribution >= 4 is 0 Å². The zero-order valence-corrected chi connectivity index (χ0v) is 12.0. The van der Waals surface area contributed by atoms with Crippen molar-refractivity contribution in [1.82, 2.24) is 4.90 Å². The molecule has 2 heteroatoms. The standard InChI is InChI=1S/C12H16FN.C4H10/c1-14-8-2-3-11(9-14)10-4-6-12(13)7-5-10;1-3-4-2/h4-7,11H,2-3,8-9H2,1H3;3-4H2,1-2H3. The first kappa shape index (κ1) is 15.2. The van der Waals surface area contributed by atoms with Gasteiger partial charge in [-0.2, -0.15) is 0 Å². The molecular weight excluding hydrogens is 225 g/mol. The maximum atomic E-state index is 12.7. The van der Waals surface area contributed by atoms with E-state index in [2.05, 4.69) is 25.8 Å². The SMILES string of the molecule is CCCC.CN1CCCC(c2ccc(F)cc2)C1. The summed E-state index contributed by atoms with van der Waals surface area (Å²) < 4.78 is 12.7. The lowest BCUT2D eigenvalue weighted by molar-refractivity contribution is 0.251. The van der Waals surface area contributed by atoms with Gasteiger partial charge in [0.25, 0.3) is 0 Å². The Morgan fingerprint density at radius 3 is 2.28 bits per heavy atom. The molecule has 1 saturated heterocycles. The molecule has 1 atom stereocenters. The van der Waals surface area contributed by atoms with Crippen molar-refractivity contribution in [3.05, 3.63) is 35.6 Å². The molecule has 0 amide bonds. The fourth-order valence-corrected chi connectivity index (χ4v) is 2.17. The van der Waals surface area contributed by atoms with Gasteiger partial charge in [0.2, 0.25) is 0 Å². The molecular formula is C16H26FN. The van der Waals surface area contributed by atoms with Crippen molar-refractivity contribution in [3.63, 3.8) is 0 Å². The summed E-state index contributed by atoms with van der Waals surface area (Å²) in [5.41, 5.74) is 1.28. The second-order valence-corrected chi connectivity index (χ2v) is 5.15. The molecule has 0 radical (unpaired) electrons. The van der Waals surface area contributed by atoms with Gasteiger partial charge in [-0.15, -0.1) is 0 Å². The fraction of sp³-hybridized carbons (Fsp3) is 0.625. The second kappa shape index (κ2) is 8.25. The summed E-state index contributed by atoms with van der Waals surface area (Å²) in [7, 11) is 2.15. The van der Waals surface area contributed by atoms with E-state index in [0.717, 1.165) is 6.54 Å². The molecule has 1 nitrogen and oxygen atoms in total. The molecule has 0 bridgehead atoms. The number of unbranched alkanes of at least 4 members (excludes halogenated alkanes) is 1. The maximum Gasteiger partial charge on any atom is 0.123 e. The monoisotopic (exact) mass is 251 g/mol. The van der Waals surface area contributed by atoms with Gasteiger partial charge in [0.15, 0.2) is 0 Å². The minimum atomic E-state index is -0.141. The highest BCUT2D eigenvalue weighted by atomic mass is 19.1. The largest absolute Gasteiger partial charge is 0.306 e. The molecule has 0 aliphatic carbocycles. The van der Waals surface area contributed by atoms with Crippen molar-refractivity contribution in [2.45, 2.75) is 45.4 Å². The number of hydrogen-bond acceptors (Lipinski definition) is 1. The first-order valence-electron chi connectivity index (χ1n) is 7.11. The average molecular weight is 251 g/mol. The van der Waals surface area contributed by atoms with E-state index < -0.39 is 0 Å². The number of rotatable bonds is 2. The van der Waals surface area contributed by atoms with E-state index in [1.807, 2.05) is 12.1 Å². The number of halogens is 1. The zero-order chi connectivity index (χ0) is 13.4. The molecule has 1 aliphatic rings. The molecule has 2 rings (SSSR count). The predicted octanol–water partition coefficient (Wildman–Crippen LogP) is 4.44. The lowest BCUT2D eigenvalue weighted by atomic mass is 9.91. The van der Waals surface area contributed by atoms with Gasteiger partial charge in [-0.25, -0.2) is 4.39 Å². The minimum absolute atomic E-state index is 0.141. The molecule has 0 N–H and O–H groups in total. The van der Waals surface area contributed by atoms with E-state index in [0.29, 0.717) is 5.92 Å². The highest BCUT2D eigenvalue weighted by Gasteiger charge is 2.18. The predicted molar refractivity (Wildman–Crippen MR) is 76.5 cm³/mol. The Bertz CT molecular complexity index is 318. The van der Waals surface area contributed by atoms with Gasteiger partial charge >= 0.3 is 0 Å². The van der Waals surface area contributed by atoms with Crippen LogP contribution in [0.25, 0.3) is 0 Å². The van der Waals surface area contributed by atoms with Gasteiger partial charge < -0.3 is 4.90 Å². The lowest BCUT2D eigenvalue weighted by Gasteiger charge is -2.29. The summed E-state index contributed by atoms with van der Waals surface area (Å²) in [6, 6.07) is 6.95. The number of piperidine rings is 1. The van der Waals surface area contributed by atoms with Crippen molar-refractivity contribution in [2.24, 2.45) is 0 Å². The summed E-state index contributed by atoms with van der Waals surface area (Å²) in [5, 5.41) is 0. The van der Waals surface area contributed by atoms with Crippen LogP contribution in [-0.4, -0.2) is 25.0 Å². The van der Waals surface area contributed by atoms with Crippen LogP contribution in [0.4, 0.5) is 4.39 Å². The molecule has 18 heavy (non-hydrogen) atoms. The van der Waals surface area contributed by atoms with E-state index in [1.165, 1.54) is 37.8 Å². The Balaban J connectivity index is 0.000000357. The van der Waals surface area contributed by atoms with Crippen LogP contribution in [0, 0.1) is 5.82 Å². The third-order valence-electron chi connectivity index (χ3n) is 3.47. The van der Waals surface area contributed by atoms with Gasteiger partial charge in [0, 0.05) is 6.54 Å². The van der Waals surface area contributed by atoms with Crippen LogP contribution in [0.15, 0.2) is 24.3 Å². The quantitative estimate of drug-likeness (QED) is 0.751. The number of likely N-dealkylation sites (tertiary alicyclic amines) is 1. The maximum absolute atomic E-state index is 12.7. The van der Waals surface area contributed by atoms with Crippen molar-refractivity contribution in [2.75, 3.05) is 20.1 Å². The molecule has 0 saturated carbocycles. The van der Waals surface area contributed by atoms with Gasteiger partial charge in [0.1, 0.15) is 5.82 Å². The Morgan fingerprint density at radius 2 is 1.78 bits per heavy atom. The van der Waals surface area contributed by atoms with Crippen LogP contribution in [0.5, 0.6) is 0 Å². The van der Waals surface area contributed by atoms with E-state index in [-0.39, 0.29) is 5.82 Å². The molecule has 1 heterocycles. The van der Waals surface area contributed by atoms with Gasteiger partial charge in [-0.1, -0.05) is 38.8 Å². The lowest BCUT2D eigenvalue weighted by Crippen LogP contribution is -2.30. The van der Waals surface area contributed by atoms with Crippen LogP contribution >= 0.6 is 0 Å². The third-order valence-corrected chi connectivity index (χ3v) is 3.47. The first-order chi connectivity index (χ1) is 8.67. The molecule has 1 unspecified atom stereocenters. The van der Waals surface area contributed by atoms with Crippen molar-refractivity contribution in [3.8, 4) is 0 Å². The molecule has 1 aromatic carbocycles. The normalized spacial score (nSPS) is 20.1. The van der Waals surface area contributed by atoms with E-state index >= 15 is 0 Å². The Labute approximate surface area is 111 Å². The summed E-state index contributed by atoms with van der Waals surface area (Å²) in [6.07, 6.45) is 5.12. The van der Waals surface area contributed by atoms with E-state index in [9.17, 15) is 4.39 Å². The van der Waals surface area contributed by atoms with Gasteiger partial charge in [-0.05, 0) is 50.0 Å². The second-order valence-electron chi connectivity index (χ2n) is 5.15. The number of benzene rings is 1. The smallest absolute Gasteiger partial charge is 0.123 e. The van der Waals surface area contributed by atoms with Crippen LogP contribution in [0.3, 0.4) is 0 Å². The Kier molecular flexibility index (Phi) is 6.96. The molecule has 0 aromatic heterocycles. The summed E-state index contributed by atoms with van der Waals surface area (Å²) in [4.78, 5) is 2.34. The van der Waals surface area contributed by atoms with Gasteiger partial charge in [-0.3, -0.25) is 0 Å². The summed E-state index contributed by atoms with van der Waals surface area (Å²) in [6.45, 7) is 6.66. The Morgan fingerprint density at radius 1 is 1.17 bits per heavy atom. The summed E-state index contributed by atoms with van der Waals surface area (Å²) >= 11 is 0. The van der Waals surface area contributed by atoms with E-state index in [4.69, 9.17) is 0 Å². The number of hydrogen-bond donors (Lipinski definition) is 0. The van der Waals surface area contributed by atoms with Crippen LogP contribution in [0.2, 0.25) is 0 Å². The molecule has 102 valence electrons. The van der Waals surface area contributed by atoms with Crippen LogP contribution in [0.1, 0.15) is 51.0 Å².